The molecule has 0 saturated heterocycles. The minimum Gasteiger partial charge on any atom is -0.311 e. The van der Waals surface area contributed by atoms with Crippen LogP contribution in [0.5, 0.6) is 0 Å². The Labute approximate surface area is 196 Å². The lowest BCUT2D eigenvalue weighted by atomic mass is 9.93. The number of rotatable bonds is 5. The SMILES string of the molecule is C[C@@H]1CCc2nc(NC(=O)c3ccccc3SCC(=O)N3CCc4ccccc43)sc2C1. The van der Waals surface area contributed by atoms with Crippen molar-refractivity contribution in [2.45, 2.75) is 37.5 Å². The van der Waals surface area contributed by atoms with E-state index in [4.69, 9.17) is 0 Å². The van der Waals surface area contributed by atoms with E-state index < -0.39 is 0 Å². The molecule has 1 aromatic heterocycles. The fourth-order valence-electron chi connectivity index (χ4n) is 4.35. The van der Waals surface area contributed by atoms with Crippen molar-refractivity contribution in [2.75, 3.05) is 22.5 Å². The number of benzene rings is 2. The molecular formula is C25H25N3O2S2. The van der Waals surface area contributed by atoms with Crippen molar-refractivity contribution in [3.05, 3.63) is 70.2 Å². The van der Waals surface area contributed by atoms with Crippen LogP contribution in [-0.4, -0.2) is 29.1 Å². The van der Waals surface area contributed by atoms with E-state index in [0.29, 0.717) is 28.9 Å². The molecule has 2 heterocycles. The number of hydrogen-bond donors (Lipinski definition) is 1. The Morgan fingerprint density at radius 3 is 2.88 bits per heavy atom. The van der Waals surface area contributed by atoms with Crippen LogP contribution in [0.2, 0.25) is 0 Å². The van der Waals surface area contributed by atoms with E-state index in [2.05, 4.69) is 23.3 Å². The van der Waals surface area contributed by atoms with Crippen molar-refractivity contribution < 1.29 is 9.59 Å². The molecule has 2 amide bonds. The first-order valence-corrected chi connectivity index (χ1v) is 12.8. The van der Waals surface area contributed by atoms with Gasteiger partial charge in [-0.2, -0.15) is 0 Å². The number of para-hydroxylation sites is 1. The summed E-state index contributed by atoms with van der Waals surface area (Å²) in [5.41, 5.74) is 3.92. The van der Waals surface area contributed by atoms with E-state index in [1.54, 1.807) is 11.3 Å². The van der Waals surface area contributed by atoms with E-state index in [9.17, 15) is 9.59 Å². The minimum atomic E-state index is -0.175. The van der Waals surface area contributed by atoms with Crippen LogP contribution in [-0.2, 0) is 24.1 Å². The Morgan fingerprint density at radius 1 is 1.16 bits per heavy atom. The predicted octanol–water partition coefficient (Wildman–Crippen LogP) is 5.20. The van der Waals surface area contributed by atoms with Gasteiger partial charge in [-0.15, -0.1) is 23.1 Å². The largest absolute Gasteiger partial charge is 0.311 e. The molecule has 32 heavy (non-hydrogen) atoms. The molecule has 3 aromatic rings. The second-order valence-corrected chi connectivity index (χ2v) is 10.5. The summed E-state index contributed by atoms with van der Waals surface area (Å²) >= 11 is 3.00. The van der Waals surface area contributed by atoms with Crippen LogP contribution in [0.15, 0.2) is 53.4 Å². The summed E-state index contributed by atoms with van der Waals surface area (Å²) in [6.07, 6.45) is 4.06. The summed E-state index contributed by atoms with van der Waals surface area (Å²) in [5.74, 6) is 0.856. The van der Waals surface area contributed by atoms with Crippen LogP contribution >= 0.6 is 23.1 Å². The molecule has 0 saturated carbocycles. The molecule has 1 atom stereocenters. The molecule has 164 valence electrons. The van der Waals surface area contributed by atoms with E-state index >= 15 is 0 Å². The first kappa shape index (κ1) is 21.2. The summed E-state index contributed by atoms with van der Waals surface area (Å²) in [6.45, 7) is 2.98. The maximum atomic E-state index is 13.0. The first-order chi connectivity index (χ1) is 15.6. The number of nitrogens with zero attached hydrogens (tertiary/aromatic N) is 2. The Kier molecular flexibility index (Phi) is 6.02. The summed E-state index contributed by atoms with van der Waals surface area (Å²) in [6, 6.07) is 15.5. The Balaban J connectivity index is 1.26. The fourth-order valence-corrected chi connectivity index (χ4v) is 6.44. The van der Waals surface area contributed by atoms with Crippen molar-refractivity contribution in [3.8, 4) is 0 Å². The van der Waals surface area contributed by atoms with Crippen molar-refractivity contribution in [1.82, 2.24) is 4.98 Å². The van der Waals surface area contributed by atoms with Gasteiger partial charge < -0.3 is 4.90 Å². The van der Waals surface area contributed by atoms with Crippen LogP contribution in [0.25, 0.3) is 0 Å². The lowest BCUT2D eigenvalue weighted by Gasteiger charge is -2.17. The Bertz CT molecular complexity index is 1170. The number of nitrogens with one attached hydrogen (secondary N) is 1. The predicted molar refractivity (Wildman–Crippen MR) is 131 cm³/mol. The number of thioether (sulfide) groups is 1. The van der Waals surface area contributed by atoms with Crippen molar-refractivity contribution in [2.24, 2.45) is 5.92 Å². The summed E-state index contributed by atoms with van der Waals surface area (Å²) in [5, 5.41) is 3.65. The van der Waals surface area contributed by atoms with Crippen molar-refractivity contribution >= 4 is 45.7 Å². The van der Waals surface area contributed by atoms with Gasteiger partial charge in [-0.1, -0.05) is 37.3 Å². The number of carbonyl (C=O) groups excluding carboxylic acids is 2. The zero-order chi connectivity index (χ0) is 22.1. The van der Waals surface area contributed by atoms with Crippen molar-refractivity contribution in [3.63, 3.8) is 0 Å². The second kappa shape index (κ2) is 9.08. The zero-order valence-electron chi connectivity index (χ0n) is 18.0. The molecule has 0 bridgehead atoms. The average molecular weight is 464 g/mol. The van der Waals surface area contributed by atoms with E-state index in [0.717, 1.165) is 42.0 Å². The molecule has 1 N–H and O–H groups in total. The topological polar surface area (TPSA) is 62.3 Å². The van der Waals surface area contributed by atoms with Gasteiger partial charge in [0.05, 0.1) is 17.0 Å². The average Bonchev–Trinajstić information content (AvgIpc) is 3.41. The molecule has 1 aliphatic heterocycles. The number of hydrogen-bond acceptors (Lipinski definition) is 5. The lowest BCUT2D eigenvalue weighted by Crippen LogP contribution is -2.30. The summed E-state index contributed by atoms with van der Waals surface area (Å²) in [7, 11) is 0. The van der Waals surface area contributed by atoms with Gasteiger partial charge in [-0.25, -0.2) is 4.98 Å². The normalized spacial score (nSPS) is 17.0. The van der Waals surface area contributed by atoms with E-state index in [1.165, 1.54) is 22.2 Å². The molecular weight excluding hydrogens is 438 g/mol. The molecule has 0 radical (unpaired) electrons. The standard InChI is InChI=1S/C25H25N3O2S2/c1-16-10-11-19-22(14-16)32-25(26-19)27-24(30)18-7-3-5-9-21(18)31-15-23(29)28-13-12-17-6-2-4-8-20(17)28/h2-9,16H,10-15H2,1H3,(H,26,27,30)/t16-/m1/s1. The molecule has 7 heteroatoms. The van der Waals surface area contributed by atoms with Gasteiger partial charge in [0.25, 0.3) is 5.91 Å². The summed E-state index contributed by atoms with van der Waals surface area (Å²) in [4.78, 5) is 34.5. The molecule has 2 aliphatic rings. The van der Waals surface area contributed by atoms with Crippen LogP contribution in [0, 0.1) is 5.92 Å². The number of aromatic nitrogens is 1. The summed E-state index contributed by atoms with van der Waals surface area (Å²) < 4.78 is 0. The number of thiazole rings is 1. The van der Waals surface area contributed by atoms with E-state index in [1.807, 2.05) is 47.4 Å². The third kappa shape index (κ3) is 4.32. The van der Waals surface area contributed by atoms with Gasteiger partial charge in [-0.3, -0.25) is 14.9 Å². The highest BCUT2D eigenvalue weighted by Crippen LogP contribution is 2.33. The highest BCUT2D eigenvalue weighted by atomic mass is 32.2. The monoisotopic (exact) mass is 463 g/mol. The van der Waals surface area contributed by atoms with Gasteiger partial charge in [-0.05, 0) is 55.4 Å². The van der Waals surface area contributed by atoms with Gasteiger partial charge in [0.2, 0.25) is 5.91 Å². The van der Waals surface area contributed by atoms with Crippen LogP contribution < -0.4 is 10.2 Å². The maximum absolute atomic E-state index is 13.0. The van der Waals surface area contributed by atoms with Crippen LogP contribution in [0.1, 0.15) is 39.8 Å². The maximum Gasteiger partial charge on any atom is 0.258 e. The molecule has 5 nitrogen and oxygen atoms in total. The third-order valence-corrected chi connectivity index (χ3v) is 8.17. The van der Waals surface area contributed by atoms with Gasteiger partial charge in [0, 0.05) is 22.0 Å². The minimum absolute atomic E-state index is 0.0666. The number of aryl methyl sites for hydroxylation is 1. The van der Waals surface area contributed by atoms with Gasteiger partial charge in [0.15, 0.2) is 5.13 Å². The third-order valence-electron chi connectivity index (χ3n) is 6.08. The van der Waals surface area contributed by atoms with Crippen molar-refractivity contribution in [1.29, 1.82) is 0 Å². The number of anilines is 2. The number of amides is 2. The van der Waals surface area contributed by atoms with Crippen LogP contribution in [0.3, 0.4) is 0 Å². The Morgan fingerprint density at radius 2 is 1.97 bits per heavy atom. The smallest absolute Gasteiger partial charge is 0.258 e. The second-order valence-electron chi connectivity index (χ2n) is 8.40. The van der Waals surface area contributed by atoms with Gasteiger partial charge in [0.1, 0.15) is 0 Å². The first-order valence-electron chi connectivity index (χ1n) is 11.0. The molecule has 0 fully saturated rings. The molecule has 2 aromatic carbocycles. The number of carbonyl (C=O) groups is 2. The number of fused-ring (bicyclic) bond motifs is 2. The Hall–Kier alpha value is -2.64. The molecule has 0 unspecified atom stereocenters. The van der Waals surface area contributed by atoms with Gasteiger partial charge >= 0.3 is 0 Å². The zero-order valence-corrected chi connectivity index (χ0v) is 19.6. The molecule has 1 aliphatic carbocycles. The molecule has 0 spiro atoms. The molecule has 5 rings (SSSR count). The highest BCUT2D eigenvalue weighted by molar-refractivity contribution is 8.00. The lowest BCUT2D eigenvalue weighted by molar-refractivity contribution is -0.116. The fraction of sp³-hybridized carbons (Fsp3) is 0.320. The quantitative estimate of drug-likeness (QED) is 0.528. The highest BCUT2D eigenvalue weighted by Gasteiger charge is 2.25. The van der Waals surface area contributed by atoms with Crippen LogP contribution in [0.4, 0.5) is 10.8 Å². The van der Waals surface area contributed by atoms with E-state index in [-0.39, 0.29) is 11.8 Å².